The van der Waals surface area contributed by atoms with Crippen LogP contribution in [0, 0.1) is 5.41 Å². The lowest BCUT2D eigenvalue weighted by molar-refractivity contribution is 0.0703. The van der Waals surface area contributed by atoms with E-state index >= 15 is 0 Å². The fourth-order valence-corrected chi connectivity index (χ4v) is 3.11. The summed E-state index contributed by atoms with van der Waals surface area (Å²) in [5, 5.41) is 0. The predicted molar refractivity (Wildman–Crippen MR) is 90.2 cm³/mol. The zero-order valence-electron chi connectivity index (χ0n) is 13.3. The van der Waals surface area contributed by atoms with Crippen LogP contribution in [-0.4, -0.2) is 11.6 Å². The number of benzene rings is 1. The average molecular weight is 296 g/mol. The Bertz CT molecular complexity index is 560. The molecule has 0 saturated heterocycles. The second-order valence-corrected chi connectivity index (χ2v) is 5.95. The molecule has 116 valence electrons. The molecule has 0 aromatic heterocycles. The Hall–Kier alpha value is -1.96. The summed E-state index contributed by atoms with van der Waals surface area (Å²) in [5.41, 5.74) is 0.162. The Morgan fingerprint density at radius 1 is 1.00 bits per heavy atom. The van der Waals surface area contributed by atoms with E-state index in [0.717, 1.165) is 12.8 Å². The van der Waals surface area contributed by atoms with Gasteiger partial charge in [0.1, 0.15) is 5.41 Å². The number of carbonyl (C=O) groups is 2. The molecule has 0 heterocycles. The molecule has 1 aliphatic rings. The van der Waals surface area contributed by atoms with Gasteiger partial charge in [-0.3, -0.25) is 9.59 Å². The van der Waals surface area contributed by atoms with Gasteiger partial charge in [-0.15, -0.1) is 6.58 Å². The monoisotopic (exact) mass is 296 g/mol. The molecular formula is C20H24O2. The minimum atomic E-state index is -0.966. The molecular weight excluding hydrogens is 272 g/mol. The van der Waals surface area contributed by atoms with Gasteiger partial charge in [0.05, 0.1) is 0 Å². The normalized spacial score (nSPS) is 16.2. The van der Waals surface area contributed by atoms with Gasteiger partial charge in [-0.25, -0.2) is 0 Å². The molecule has 0 fully saturated rings. The number of fused-ring (bicyclic) bond motifs is 1. The van der Waals surface area contributed by atoms with Gasteiger partial charge >= 0.3 is 0 Å². The zero-order chi connectivity index (χ0) is 16.0. The molecule has 0 bridgehead atoms. The molecule has 0 atom stereocenters. The lowest BCUT2D eigenvalue weighted by Gasteiger charge is -2.22. The van der Waals surface area contributed by atoms with Gasteiger partial charge in [-0.1, -0.05) is 62.3 Å². The summed E-state index contributed by atoms with van der Waals surface area (Å²) < 4.78 is 0. The van der Waals surface area contributed by atoms with Crippen molar-refractivity contribution in [3.05, 3.63) is 60.2 Å². The van der Waals surface area contributed by atoms with Crippen LogP contribution >= 0.6 is 0 Å². The van der Waals surface area contributed by atoms with Gasteiger partial charge in [0, 0.05) is 11.1 Å². The standard InChI is InChI=1S/C20H24O2/c1-3-5-6-7-8-11-15-20(14-4-2)18(21)16-12-9-10-13-17(16)19(20)22/h4,8-13H,2-3,5-7,14-15H2,1H3. The topological polar surface area (TPSA) is 34.1 Å². The second kappa shape index (κ2) is 7.35. The second-order valence-electron chi connectivity index (χ2n) is 5.95. The van der Waals surface area contributed by atoms with E-state index < -0.39 is 5.41 Å². The fraction of sp³-hybridized carbons (Fsp3) is 0.400. The third kappa shape index (κ3) is 2.96. The van der Waals surface area contributed by atoms with Crippen molar-refractivity contribution in [3.63, 3.8) is 0 Å². The minimum Gasteiger partial charge on any atom is -0.293 e. The van der Waals surface area contributed by atoms with Crippen molar-refractivity contribution in [2.24, 2.45) is 5.41 Å². The molecule has 0 amide bonds. The number of hydrogen-bond acceptors (Lipinski definition) is 2. The minimum absolute atomic E-state index is 0.0498. The van der Waals surface area contributed by atoms with E-state index in [2.05, 4.69) is 19.6 Å². The van der Waals surface area contributed by atoms with Crippen LogP contribution in [0.4, 0.5) is 0 Å². The molecule has 0 saturated carbocycles. The van der Waals surface area contributed by atoms with Gasteiger partial charge in [0.15, 0.2) is 11.6 Å². The van der Waals surface area contributed by atoms with Gasteiger partial charge in [0.25, 0.3) is 0 Å². The van der Waals surface area contributed by atoms with Crippen LogP contribution in [0.3, 0.4) is 0 Å². The smallest absolute Gasteiger partial charge is 0.178 e. The molecule has 2 nitrogen and oxygen atoms in total. The van der Waals surface area contributed by atoms with Gasteiger partial charge in [-0.2, -0.15) is 0 Å². The first-order chi connectivity index (χ1) is 10.7. The average Bonchev–Trinajstić information content (AvgIpc) is 2.74. The number of allylic oxidation sites excluding steroid dienone is 3. The van der Waals surface area contributed by atoms with E-state index in [4.69, 9.17) is 0 Å². The quantitative estimate of drug-likeness (QED) is 0.377. The summed E-state index contributed by atoms with van der Waals surface area (Å²) in [6.45, 7) is 5.92. The molecule has 2 heteroatoms. The highest BCUT2D eigenvalue weighted by molar-refractivity contribution is 6.29. The van der Waals surface area contributed by atoms with E-state index in [1.807, 2.05) is 18.2 Å². The Morgan fingerprint density at radius 2 is 1.64 bits per heavy atom. The number of rotatable bonds is 8. The summed E-state index contributed by atoms with van der Waals surface area (Å²) >= 11 is 0. The van der Waals surface area contributed by atoms with E-state index in [0.29, 0.717) is 24.0 Å². The molecule has 22 heavy (non-hydrogen) atoms. The van der Waals surface area contributed by atoms with Crippen LogP contribution in [0.1, 0.15) is 66.2 Å². The number of Topliss-reactive ketones (excluding diaryl/α,β-unsaturated/α-hetero) is 2. The first kappa shape index (κ1) is 16.4. The van der Waals surface area contributed by atoms with E-state index in [-0.39, 0.29) is 11.6 Å². The first-order valence-electron chi connectivity index (χ1n) is 8.12. The highest BCUT2D eigenvalue weighted by Crippen LogP contribution is 2.42. The van der Waals surface area contributed by atoms with Gasteiger partial charge in [-0.05, 0) is 25.7 Å². The van der Waals surface area contributed by atoms with Crippen LogP contribution in [0.5, 0.6) is 0 Å². The van der Waals surface area contributed by atoms with Crippen molar-refractivity contribution in [2.45, 2.75) is 45.4 Å². The molecule has 0 N–H and O–H groups in total. The zero-order valence-corrected chi connectivity index (χ0v) is 13.3. The Labute approximate surface area is 132 Å². The SMILES string of the molecule is C=CCC1(CC=CCCCCC)C(=O)c2ccccc2C1=O. The van der Waals surface area contributed by atoms with Crippen LogP contribution in [0.25, 0.3) is 0 Å². The number of unbranched alkanes of at least 4 members (excludes halogenated alkanes) is 3. The number of hydrogen-bond donors (Lipinski definition) is 0. The van der Waals surface area contributed by atoms with E-state index in [1.54, 1.807) is 18.2 Å². The van der Waals surface area contributed by atoms with E-state index in [1.165, 1.54) is 12.8 Å². The summed E-state index contributed by atoms with van der Waals surface area (Å²) in [4.78, 5) is 25.6. The van der Waals surface area contributed by atoms with E-state index in [9.17, 15) is 9.59 Å². The highest BCUT2D eigenvalue weighted by Gasteiger charge is 2.50. The van der Waals surface area contributed by atoms with Gasteiger partial charge in [0.2, 0.25) is 0 Å². The fourth-order valence-electron chi connectivity index (χ4n) is 3.11. The summed E-state index contributed by atoms with van der Waals surface area (Å²) in [5.74, 6) is -0.0996. The van der Waals surface area contributed by atoms with Crippen molar-refractivity contribution < 1.29 is 9.59 Å². The molecule has 0 unspecified atom stereocenters. The molecule has 0 aliphatic heterocycles. The van der Waals surface area contributed by atoms with Crippen LogP contribution < -0.4 is 0 Å². The molecule has 2 rings (SSSR count). The lowest BCUT2D eigenvalue weighted by atomic mass is 9.76. The van der Waals surface area contributed by atoms with Crippen molar-refractivity contribution >= 4 is 11.6 Å². The maximum atomic E-state index is 12.8. The maximum absolute atomic E-state index is 12.8. The van der Waals surface area contributed by atoms with Crippen LogP contribution in [-0.2, 0) is 0 Å². The van der Waals surface area contributed by atoms with Crippen molar-refractivity contribution in [2.75, 3.05) is 0 Å². The Balaban J connectivity index is 2.18. The third-order valence-corrected chi connectivity index (χ3v) is 4.39. The van der Waals surface area contributed by atoms with Crippen LogP contribution in [0.15, 0.2) is 49.1 Å². The Kier molecular flexibility index (Phi) is 5.48. The summed E-state index contributed by atoms with van der Waals surface area (Å²) in [7, 11) is 0. The molecule has 1 aliphatic carbocycles. The van der Waals surface area contributed by atoms with Gasteiger partial charge < -0.3 is 0 Å². The van der Waals surface area contributed by atoms with Crippen LogP contribution in [0.2, 0.25) is 0 Å². The predicted octanol–water partition coefficient (Wildman–Crippen LogP) is 5.15. The van der Waals surface area contributed by atoms with Crippen molar-refractivity contribution in [1.82, 2.24) is 0 Å². The molecule has 0 radical (unpaired) electrons. The van der Waals surface area contributed by atoms with Crippen molar-refractivity contribution in [3.8, 4) is 0 Å². The molecule has 0 spiro atoms. The summed E-state index contributed by atoms with van der Waals surface area (Å²) in [6.07, 6.45) is 11.2. The Morgan fingerprint density at radius 3 is 2.18 bits per heavy atom. The maximum Gasteiger partial charge on any atom is 0.178 e. The number of carbonyl (C=O) groups excluding carboxylic acids is 2. The third-order valence-electron chi connectivity index (χ3n) is 4.39. The molecule has 1 aromatic rings. The number of ketones is 2. The lowest BCUT2D eigenvalue weighted by Crippen LogP contribution is -2.32. The largest absolute Gasteiger partial charge is 0.293 e. The summed E-state index contributed by atoms with van der Waals surface area (Å²) in [6, 6.07) is 7.14. The molecule has 1 aromatic carbocycles. The van der Waals surface area contributed by atoms with Crippen molar-refractivity contribution in [1.29, 1.82) is 0 Å². The first-order valence-corrected chi connectivity index (χ1v) is 8.12. The highest BCUT2D eigenvalue weighted by atomic mass is 16.2.